The van der Waals surface area contributed by atoms with E-state index < -0.39 is 29.4 Å². The molecule has 3 aromatic rings. The average Bonchev–Trinajstić information content (AvgIpc) is 3.11. The van der Waals surface area contributed by atoms with E-state index in [1.807, 2.05) is 0 Å². The van der Waals surface area contributed by atoms with Gasteiger partial charge in [0.15, 0.2) is 0 Å². The summed E-state index contributed by atoms with van der Waals surface area (Å²) in [4.78, 5) is 33.2. The average molecular weight is 549 g/mol. The molecule has 2 aliphatic rings. The molecule has 0 aliphatic carbocycles. The maximum absolute atomic E-state index is 14.6. The van der Waals surface area contributed by atoms with Gasteiger partial charge in [0.2, 0.25) is 5.91 Å². The van der Waals surface area contributed by atoms with Gasteiger partial charge in [0.25, 0.3) is 0 Å². The van der Waals surface area contributed by atoms with Gasteiger partial charge in [-0.15, -0.1) is 11.8 Å². The summed E-state index contributed by atoms with van der Waals surface area (Å²) in [5.74, 6) is -0.365. The molecule has 7 nitrogen and oxygen atoms in total. The van der Waals surface area contributed by atoms with Gasteiger partial charge >= 0.3 is 11.9 Å². The lowest BCUT2D eigenvalue weighted by molar-refractivity contribution is -0.137. The van der Waals surface area contributed by atoms with Crippen molar-refractivity contribution in [3.63, 3.8) is 0 Å². The van der Waals surface area contributed by atoms with Crippen molar-refractivity contribution in [2.24, 2.45) is 0 Å². The fraction of sp³-hybridized carbons (Fsp3) is 0.346. The maximum Gasteiger partial charge on any atom is 0.417 e. The monoisotopic (exact) mass is 548 g/mol. The molecule has 1 amide bonds. The second kappa shape index (κ2) is 10.1. The number of piperazine rings is 1. The zero-order valence-corrected chi connectivity index (χ0v) is 21.2. The Labute approximate surface area is 219 Å². The van der Waals surface area contributed by atoms with Crippen molar-refractivity contribution in [2.75, 3.05) is 43.9 Å². The van der Waals surface area contributed by atoms with Gasteiger partial charge < -0.3 is 14.5 Å². The Hall–Kier alpha value is -3.38. The van der Waals surface area contributed by atoms with Crippen molar-refractivity contribution in [3.8, 4) is 11.1 Å². The van der Waals surface area contributed by atoms with Crippen molar-refractivity contribution < 1.29 is 27.1 Å². The number of carbonyl (C=O) groups excluding carboxylic acids is 1. The highest BCUT2D eigenvalue weighted by atomic mass is 32.2. The number of nitrogens with zero attached hydrogens (tertiary/aromatic N) is 4. The number of rotatable bonds is 4. The molecule has 0 N–H and O–H groups in total. The molecule has 0 saturated carbocycles. The lowest BCUT2D eigenvalue weighted by Crippen LogP contribution is -2.49. The number of halogens is 4. The third-order valence-electron chi connectivity index (χ3n) is 6.84. The molecule has 2 aliphatic heterocycles. The predicted octanol–water partition coefficient (Wildman–Crippen LogP) is 4.18. The van der Waals surface area contributed by atoms with Crippen LogP contribution >= 0.6 is 11.8 Å². The minimum atomic E-state index is -4.74. The topological polar surface area (TPSA) is 67.7 Å². The molecule has 3 heterocycles. The number of hydrogen-bond donors (Lipinski definition) is 0. The summed E-state index contributed by atoms with van der Waals surface area (Å²) in [6.45, 7) is 4.81. The molecule has 0 spiro atoms. The van der Waals surface area contributed by atoms with Crippen LogP contribution in [0.5, 0.6) is 0 Å². The molecule has 12 heteroatoms. The Kier molecular flexibility index (Phi) is 6.95. The summed E-state index contributed by atoms with van der Waals surface area (Å²) in [6.07, 6.45) is -3.97. The van der Waals surface area contributed by atoms with E-state index in [9.17, 15) is 27.2 Å². The smallest absolute Gasteiger partial charge is 0.379 e. The number of methoxy groups -OCH3 is 1. The molecule has 2 aromatic carbocycles. The molecule has 1 fully saturated rings. The van der Waals surface area contributed by atoms with Crippen LogP contribution in [-0.4, -0.2) is 65.5 Å². The number of benzene rings is 2. The van der Waals surface area contributed by atoms with Gasteiger partial charge in [0.05, 0.1) is 23.7 Å². The van der Waals surface area contributed by atoms with Crippen LogP contribution in [0.2, 0.25) is 0 Å². The Bertz CT molecular complexity index is 1460. The molecule has 5 rings (SSSR count). The van der Waals surface area contributed by atoms with Gasteiger partial charge in [0, 0.05) is 54.9 Å². The van der Waals surface area contributed by atoms with Crippen LogP contribution in [-0.2, 0) is 22.3 Å². The second-order valence-electron chi connectivity index (χ2n) is 9.04. The molecule has 1 unspecified atom stereocenters. The van der Waals surface area contributed by atoms with Gasteiger partial charge in [0.1, 0.15) is 11.6 Å². The third kappa shape index (κ3) is 4.66. The summed E-state index contributed by atoms with van der Waals surface area (Å²) in [5.41, 5.74) is -1.09. The first-order valence-electron chi connectivity index (χ1n) is 11.9. The molecule has 1 aromatic heterocycles. The van der Waals surface area contributed by atoms with E-state index in [2.05, 4.69) is 11.6 Å². The van der Waals surface area contributed by atoms with Gasteiger partial charge in [-0.2, -0.15) is 18.2 Å². The van der Waals surface area contributed by atoms with Gasteiger partial charge in [-0.3, -0.25) is 9.36 Å². The van der Waals surface area contributed by atoms with Crippen LogP contribution in [0.15, 0.2) is 52.7 Å². The Morgan fingerprint density at radius 3 is 2.47 bits per heavy atom. The lowest BCUT2D eigenvalue weighted by atomic mass is 9.96. The highest BCUT2D eigenvalue weighted by Crippen LogP contribution is 2.48. The van der Waals surface area contributed by atoms with Gasteiger partial charge in [-0.25, -0.2) is 9.18 Å². The first-order valence-corrected chi connectivity index (χ1v) is 12.9. The molecule has 0 radical (unpaired) electrons. The zero-order chi connectivity index (χ0) is 27.2. The molecular formula is C26H24F4N4O3S. The minimum absolute atomic E-state index is 0.113. The van der Waals surface area contributed by atoms with Crippen molar-refractivity contribution in [1.82, 2.24) is 14.5 Å². The number of carbonyl (C=O) groups is 1. The SMILES string of the molecule is C=CC(=O)N1CCN(c2nc(=O)n3c4c(c(-c5ccc(F)cc5)c(C(F)(F)F)cc24)SCC(OC)C3)CC1. The zero-order valence-electron chi connectivity index (χ0n) is 20.4. The van der Waals surface area contributed by atoms with E-state index in [1.165, 1.54) is 41.6 Å². The van der Waals surface area contributed by atoms with Crippen LogP contribution in [0.3, 0.4) is 0 Å². The minimum Gasteiger partial charge on any atom is -0.379 e. The lowest BCUT2D eigenvalue weighted by Gasteiger charge is -2.35. The molecule has 1 saturated heterocycles. The number of amides is 1. The van der Waals surface area contributed by atoms with Crippen LogP contribution < -0.4 is 10.6 Å². The third-order valence-corrected chi connectivity index (χ3v) is 8.06. The number of hydrogen-bond acceptors (Lipinski definition) is 6. The molecule has 200 valence electrons. The number of ether oxygens (including phenoxy) is 1. The van der Waals surface area contributed by atoms with Gasteiger partial charge in [-0.1, -0.05) is 18.7 Å². The summed E-state index contributed by atoms with van der Waals surface area (Å²) in [6, 6.07) is 5.87. The Balaban J connectivity index is 1.79. The van der Waals surface area contributed by atoms with E-state index >= 15 is 0 Å². The van der Waals surface area contributed by atoms with Crippen molar-refractivity contribution in [1.29, 1.82) is 0 Å². The van der Waals surface area contributed by atoms with E-state index in [0.29, 0.717) is 24.4 Å². The summed E-state index contributed by atoms with van der Waals surface area (Å²) in [5, 5.41) is 0.186. The van der Waals surface area contributed by atoms with Crippen LogP contribution in [0, 0.1) is 5.82 Å². The largest absolute Gasteiger partial charge is 0.417 e. The first-order chi connectivity index (χ1) is 18.1. The number of alkyl halides is 3. The van der Waals surface area contributed by atoms with Crippen molar-refractivity contribution >= 4 is 34.4 Å². The maximum atomic E-state index is 14.6. The molecular weight excluding hydrogens is 524 g/mol. The fourth-order valence-corrected chi connectivity index (χ4v) is 6.24. The fourth-order valence-electron chi connectivity index (χ4n) is 4.91. The Morgan fingerprint density at radius 2 is 1.87 bits per heavy atom. The highest BCUT2D eigenvalue weighted by Gasteiger charge is 2.38. The van der Waals surface area contributed by atoms with E-state index in [4.69, 9.17) is 4.74 Å². The highest BCUT2D eigenvalue weighted by molar-refractivity contribution is 7.99. The van der Waals surface area contributed by atoms with Crippen LogP contribution in [0.4, 0.5) is 23.4 Å². The van der Waals surface area contributed by atoms with Crippen LogP contribution in [0.1, 0.15) is 5.56 Å². The molecule has 1 atom stereocenters. The number of aromatic nitrogens is 2. The normalized spacial score (nSPS) is 18.0. The number of anilines is 1. The van der Waals surface area contributed by atoms with E-state index in [-0.39, 0.29) is 52.8 Å². The Morgan fingerprint density at radius 1 is 1.18 bits per heavy atom. The summed E-state index contributed by atoms with van der Waals surface area (Å²) < 4.78 is 64.3. The summed E-state index contributed by atoms with van der Waals surface area (Å²) in [7, 11) is 1.48. The molecule has 38 heavy (non-hydrogen) atoms. The summed E-state index contributed by atoms with van der Waals surface area (Å²) >= 11 is 1.17. The first kappa shape index (κ1) is 26.2. The second-order valence-corrected chi connectivity index (χ2v) is 10.1. The predicted molar refractivity (Wildman–Crippen MR) is 137 cm³/mol. The van der Waals surface area contributed by atoms with Gasteiger partial charge in [-0.05, 0) is 29.8 Å². The van der Waals surface area contributed by atoms with Crippen molar-refractivity contribution in [2.45, 2.75) is 23.7 Å². The quantitative estimate of drug-likeness (QED) is 0.360. The standard InChI is InChI=1S/C26H24F4N4O3S/c1-3-20(35)32-8-10-33(11-9-32)24-18-12-19(26(28,29)30)21(15-4-6-16(27)7-5-15)23-22(18)34(25(36)31-24)13-17(37-2)14-38-23/h3-7,12,17H,1,8-11,13-14H2,2H3. The molecule has 0 bridgehead atoms. The van der Waals surface area contributed by atoms with E-state index in [1.54, 1.807) is 9.80 Å². The van der Waals surface area contributed by atoms with Crippen LogP contribution in [0.25, 0.3) is 22.0 Å². The van der Waals surface area contributed by atoms with Crippen molar-refractivity contribution in [3.05, 3.63) is 64.9 Å². The van der Waals surface area contributed by atoms with E-state index in [0.717, 1.165) is 18.2 Å². The number of thioether (sulfide) groups is 1.